The molecule has 0 aliphatic carbocycles. The zero-order valence-corrected chi connectivity index (χ0v) is 13.6. The summed E-state index contributed by atoms with van der Waals surface area (Å²) in [5, 5.41) is 0.737. The van der Waals surface area contributed by atoms with Gasteiger partial charge in [-0.2, -0.15) is 0 Å². The number of amides is 1. The highest BCUT2D eigenvalue weighted by molar-refractivity contribution is 6.30. The van der Waals surface area contributed by atoms with E-state index in [-0.39, 0.29) is 18.3 Å². The summed E-state index contributed by atoms with van der Waals surface area (Å²) in [5.41, 5.74) is 1.75. The van der Waals surface area contributed by atoms with Gasteiger partial charge in [0.2, 0.25) is 0 Å². The highest BCUT2D eigenvalue weighted by Gasteiger charge is 2.22. The highest BCUT2D eigenvalue weighted by atomic mass is 35.5. The van der Waals surface area contributed by atoms with Gasteiger partial charge in [-0.1, -0.05) is 17.7 Å². The molecule has 3 rings (SSSR count). The van der Waals surface area contributed by atoms with Crippen LogP contribution in [0.25, 0.3) is 0 Å². The second kappa shape index (κ2) is 7.47. The van der Waals surface area contributed by atoms with Gasteiger partial charge in [-0.05, 0) is 30.3 Å². The average molecular weight is 338 g/mol. The zero-order chi connectivity index (χ0) is 14.7. The van der Waals surface area contributed by atoms with E-state index in [1.54, 1.807) is 24.5 Å². The number of halogens is 2. The Morgan fingerprint density at radius 3 is 2.50 bits per heavy atom. The molecule has 4 nitrogen and oxygen atoms in total. The molecule has 0 spiro atoms. The summed E-state index contributed by atoms with van der Waals surface area (Å²) < 4.78 is 0. The third-order valence-corrected chi connectivity index (χ3v) is 3.88. The van der Waals surface area contributed by atoms with Gasteiger partial charge in [0.15, 0.2) is 0 Å². The molecule has 1 aromatic carbocycles. The minimum Gasteiger partial charge on any atom is -0.368 e. The Morgan fingerprint density at radius 2 is 1.86 bits per heavy atom. The van der Waals surface area contributed by atoms with Gasteiger partial charge in [0.25, 0.3) is 5.91 Å². The molecule has 6 heteroatoms. The Labute approximate surface area is 141 Å². The number of rotatable bonds is 2. The van der Waals surface area contributed by atoms with Crippen LogP contribution in [0.2, 0.25) is 5.02 Å². The van der Waals surface area contributed by atoms with E-state index in [0.29, 0.717) is 18.7 Å². The first-order valence-electron chi connectivity index (χ1n) is 6.94. The van der Waals surface area contributed by atoms with E-state index in [0.717, 1.165) is 23.8 Å². The fourth-order valence-electron chi connectivity index (χ4n) is 2.51. The van der Waals surface area contributed by atoms with E-state index < -0.39 is 0 Å². The van der Waals surface area contributed by atoms with Crippen molar-refractivity contribution >= 4 is 35.6 Å². The number of piperazine rings is 1. The van der Waals surface area contributed by atoms with Gasteiger partial charge in [0, 0.05) is 49.3 Å². The van der Waals surface area contributed by atoms with E-state index in [1.165, 1.54) is 0 Å². The number of hydrogen-bond acceptors (Lipinski definition) is 3. The molecule has 0 unspecified atom stereocenters. The van der Waals surface area contributed by atoms with Gasteiger partial charge in [-0.25, -0.2) is 0 Å². The fraction of sp³-hybridized carbons (Fsp3) is 0.250. The van der Waals surface area contributed by atoms with Crippen molar-refractivity contribution < 1.29 is 4.79 Å². The van der Waals surface area contributed by atoms with E-state index >= 15 is 0 Å². The molecule has 22 heavy (non-hydrogen) atoms. The number of carbonyl (C=O) groups excluding carboxylic acids is 1. The molecule has 0 atom stereocenters. The fourth-order valence-corrected chi connectivity index (χ4v) is 2.70. The Hall–Kier alpha value is -1.78. The van der Waals surface area contributed by atoms with Gasteiger partial charge in [-0.15, -0.1) is 12.4 Å². The van der Waals surface area contributed by atoms with Crippen molar-refractivity contribution in [1.82, 2.24) is 9.88 Å². The van der Waals surface area contributed by atoms with Crippen LogP contribution >= 0.6 is 24.0 Å². The molecule has 2 heterocycles. The van der Waals surface area contributed by atoms with E-state index in [2.05, 4.69) is 9.88 Å². The van der Waals surface area contributed by atoms with Crippen LogP contribution in [0.3, 0.4) is 0 Å². The molecule has 0 saturated carbocycles. The molecule has 0 radical (unpaired) electrons. The first-order chi connectivity index (χ1) is 10.2. The maximum absolute atomic E-state index is 12.3. The van der Waals surface area contributed by atoms with Crippen LogP contribution in [0.1, 0.15) is 10.4 Å². The minimum absolute atomic E-state index is 0. The number of nitrogens with zero attached hydrogens (tertiary/aromatic N) is 3. The number of aromatic nitrogens is 1. The van der Waals surface area contributed by atoms with Crippen LogP contribution in [0.5, 0.6) is 0 Å². The summed E-state index contributed by atoms with van der Waals surface area (Å²) in [6.07, 6.45) is 3.29. The average Bonchev–Trinajstić information content (AvgIpc) is 2.55. The first kappa shape index (κ1) is 16.6. The quantitative estimate of drug-likeness (QED) is 0.844. The second-order valence-corrected chi connectivity index (χ2v) is 5.44. The van der Waals surface area contributed by atoms with Crippen LogP contribution in [-0.4, -0.2) is 42.0 Å². The molecule has 1 aliphatic rings. The maximum atomic E-state index is 12.3. The Kier molecular flexibility index (Phi) is 5.63. The van der Waals surface area contributed by atoms with Crippen LogP contribution in [0.4, 0.5) is 5.69 Å². The Balaban J connectivity index is 0.00000176. The van der Waals surface area contributed by atoms with Gasteiger partial charge < -0.3 is 9.80 Å². The van der Waals surface area contributed by atoms with Crippen LogP contribution < -0.4 is 4.90 Å². The number of anilines is 1. The summed E-state index contributed by atoms with van der Waals surface area (Å²) >= 11 is 6.03. The molecule has 1 aliphatic heterocycles. The van der Waals surface area contributed by atoms with Crippen LogP contribution in [-0.2, 0) is 0 Å². The van der Waals surface area contributed by atoms with Crippen LogP contribution in [0, 0.1) is 0 Å². The molecule has 0 bridgehead atoms. The predicted octanol–water partition coefficient (Wildman–Crippen LogP) is 3.12. The normalized spacial score (nSPS) is 14.4. The van der Waals surface area contributed by atoms with Gasteiger partial charge in [-0.3, -0.25) is 9.78 Å². The molecule has 2 aromatic rings. The molecule has 1 fully saturated rings. The summed E-state index contributed by atoms with van der Waals surface area (Å²) in [6.45, 7) is 3.04. The predicted molar refractivity (Wildman–Crippen MR) is 91.1 cm³/mol. The standard InChI is InChI=1S/C16H16ClN3O.ClH/c17-14-4-1-5-15(11-14)19-7-9-20(10-8-19)16(21)13-3-2-6-18-12-13;/h1-6,11-12H,7-10H2;1H. The number of benzene rings is 1. The molecule has 0 N–H and O–H groups in total. The lowest BCUT2D eigenvalue weighted by atomic mass is 10.2. The molecular weight excluding hydrogens is 321 g/mol. The monoisotopic (exact) mass is 337 g/mol. The van der Waals surface area contributed by atoms with Crippen molar-refractivity contribution in [3.05, 3.63) is 59.4 Å². The van der Waals surface area contributed by atoms with Crippen molar-refractivity contribution in [1.29, 1.82) is 0 Å². The summed E-state index contributed by atoms with van der Waals surface area (Å²) in [4.78, 5) is 20.5. The molecular formula is C16H17Cl2N3O. The zero-order valence-electron chi connectivity index (χ0n) is 12.0. The lowest BCUT2D eigenvalue weighted by Crippen LogP contribution is -2.48. The number of hydrogen-bond donors (Lipinski definition) is 0. The van der Waals surface area contributed by atoms with Crippen molar-refractivity contribution in [2.45, 2.75) is 0 Å². The smallest absolute Gasteiger partial charge is 0.255 e. The lowest BCUT2D eigenvalue weighted by molar-refractivity contribution is 0.0746. The Morgan fingerprint density at radius 1 is 1.09 bits per heavy atom. The SMILES string of the molecule is Cl.O=C(c1cccnc1)N1CCN(c2cccc(Cl)c2)CC1. The third-order valence-electron chi connectivity index (χ3n) is 3.65. The van der Waals surface area contributed by atoms with Crippen molar-refractivity contribution in [3.8, 4) is 0 Å². The summed E-state index contributed by atoms with van der Waals surface area (Å²) in [5.74, 6) is 0.0499. The van der Waals surface area contributed by atoms with Gasteiger partial charge in [0.05, 0.1) is 5.56 Å². The number of pyridine rings is 1. The van der Waals surface area contributed by atoms with Crippen LogP contribution in [0.15, 0.2) is 48.8 Å². The van der Waals surface area contributed by atoms with E-state index in [1.807, 2.05) is 29.2 Å². The van der Waals surface area contributed by atoms with E-state index in [9.17, 15) is 4.79 Å². The van der Waals surface area contributed by atoms with Crippen molar-refractivity contribution in [3.63, 3.8) is 0 Å². The molecule has 1 amide bonds. The molecule has 1 aromatic heterocycles. The maximum Gasteiger partial charge on any atom is 0.255 e. The largest absolute Gasteiger partial charge is 0.368 e. The highest BCUT2D eigenvalue weighted by Crippen LogP contribution is 2.21. The van der Waals surface area contributed by atoms with E-state index in [4.69, 9.17) is 11.6 Å². The third kappa shape index (κ3) is 3.70. The lowest BCUT2D eigenvalue weighted by Gasteiger charge is -2.36. The van der Waals surface area contributed by atoms with Gasteiger partial charge >= 0.3 is 0 Å². The summed E-state index contributed by atoms with van der Waals surface area (Å²) in [6, 6.07) is 11.4. The van der Waals surface area contributed by atoms with Crippen molar-refractivity contribution in [2.24, 2.45) is 0 Å². The molecule has 1 saturated heterocycles. The second-order valence-electron chi connectivity index (χ2n) is 5.00. The van der Waals surface area contributed by atoms with Crippen molar-refractivity contribution in [2.75, 3.05) is 31.1 Å². The Bertz CT molecular complexity index is 628. The topological polar surface area (TPSA) is 36.4 Å². The van der Waals surface area contributed by atoms with Gasteiger partial charge in [0.1, 0.15) is 0 Å². The number of carbonyl (C=O) groups is 1. The minimum atomic E-state index is 0. The first-order valence-corrected chi connectivity index (χ1v) is 7.31. The summed E-state index contributed by atoms with van der Waals surface area (Å²) in [7, 11) is 0. The molecule has 116 valence electrons.